The summed E-state index contributed by atoms with van der Waals surface area (Å²) in [5.41, 5.74) is 1.01. The molecule has 3 nitrogen and oxygen atoms in total. The number of carbonyl (C=O) groups excluding carboxylic acids is 1. The molecule has 4 heteroatoms. The Kier molecular flexibility index (Phi) is 3.28. The molecule has 0 heterocycles. The Morgan fingerprint density at radius 2 is 1.94 bits per heavy atom. The Bertz CT molecular complexity index is 596. The quantitative estimate of drug-likeness (QED) is 0.854. The molecule has 0 radical (unpaired) electrons. The second kappa shape index (κ2) is 4.87. The number of phenols is 1. The lowest BCUT2D eigenvalue weighted by atomic mass is 10.1. The van der Waals surface area contributed by atoms with E-state index in [1.54, 1.807) is 31.2 Å². The molecule has 0 aliphatic heterocycles. The number of para-hydroxylation sites is 1. The Morgan fingerprint density at radius 1 is 1.22 bits per heavy atom. The third-order valence-corrected chi connectivity index (χ3v) is 2.58. The molecule has 18 heavy (non-hydrogen) atoms. The van der Waals surface area contributed by atoms with Crippen LogP contribution in [0.4, 0.5) is 10.1 Å². The van der Waals surface area contributed by atoms with Crippen molar-refractivity contribution in [1.29, 1.82) is 0 Å². The van der Waals surface area contributed by atoms with E-state index in [-0.39, 0.29) is 17.1 Å². The zero-order valence-electron chi connectivity index (χ0n) is 9.77. The molecule has 2 rings (SSSR count). The van der Waals surface area contributed by atoms with Gasteiger partial charge in [-0.2, -0.15) is 0 Å². The van der Waals surface area contributed by atoms with Crippen LogP contribution in [0.2, 0.25) is 0 Å². The van der Waals surface area contributed by atoms with E-state index in [1.165, 1.54) is 18.2 Å². The Morgan fingerprint density at radius 3 is 2.61 bits per heavy atom. The van der Waals surface area contributed by atoms with Gasteiger partial charge in [0.25, 0.3) is 5.91 Å². The van der Waals surface area contributed by atoms with Gasteiger partial charge in [0.2, 0.25) is 0 Å². The molecular weight excluding hydrogens is 233 g/mol. The second-order valence-electron chi connectivity index (χ2n) is 3.94. The fourth-order valence-corrected chi connectivity index (χ4v) is 1.53. The van der Waals surface area contributed by atoms with Gasteiger partial charge in [-0.3, -0.25) is 4.79 Å². The van der Waals surface area contributed by atoms with E-state index in [0.717, 1.165) is 0 Å². The molecule has 0 unspecified atom stereocenters. The summed E-state index contributed by atoms with van der Waals surface area (Å²) in [7, 11) is 0. The summed E-state index contributed by atoms with van der Waals surface area (Å²) in [6.07, 6.45) is 0. The van der Waals surface area contributed by atoms with E-state index in [0.29, 0.717) is 11.3 Å². The van der Waals surface area contributed by atoms with Crippen LogP contribution in [0.1, 0.15) is 15.9 Å². The molecule has 2 N–H and O–H groups in total. The van der Waals surface area contributed by atoms with Gasteiger partial charge < -0.3 is 10.4 Å². The fraction of sp³-hybridized carbons (Fsp3) is 0.0714. The van der Waals surface area contributed by atoms with Crippen molar-refractivity contribution in [3.63, 3.8) is 0 Å². The highest BCUT2D eigenvalue weighted by atomic mass is 19.1. The molecule has 0 atom stereocenters. The van der Waals surface area contributed by atoms with Crippen LogP contribution < -0.4 is 5.32 Å². The maximum Gasteiger partial charge on any atom is 0.259 e. The van der Waals surface area contributed by atoms with E-state index >= 15 is 0 Å². The average molecular weight is 245 g/mol. The summed E-state index contributed by atoms with van der Waals surface area (Å²) in [5, 5.41) is 12.1. The van der Waals surface area contributed by atoms with Gasteiger partial charge in [0, 0.05) is 5.69 Å². The number of nitrogens with one attached hydrogen (secondary N) is 1. The molecule has 2 aromatic carbocycles. The standard InChI is InChI=1S/C14H12FNO2/c1-9-6-7-10(8-12(9)15)16-14(18)11-4-2-3-5-13(11)17/h2-8,17H,1H3,(H,16,18). The number of benzene rings is 2. The lowest BCUT2D eigenvalue weighted by molar-refractivity contribution is 0.102. The summed E-state index contributed by atoms with van der Waals surface area (Å²) in [6.45, 7) is 1.64. The SMILES string of the molecule is Cc1ccc(NC(=O)c2ccccc2O)cc1F. The number of aromatic hydroxyl groups is 1. The van der Waals surface area contributed by atoms with Gasteiger partial charge in [0.15, 0.2) is 0 Å². The monoisotopic (exact) mass is 245 g/mol. The zero-order valence-corrected chi connectivity index (χ0v) is 9.77. The molecule has 1 amide bonds. The maximum absolute atomic E-state index is 13.3. The number of rotatable bonds is 2. The van der Waals surface area contributed by atoms with Crippen molar-refractivity contribution in [2.75, 3.05) is 5.32 Å². The first kappa shape index (κ1) is 12.1. The molecule has 0 saturated carbocycles. The predicted octanol–water partition coefficient (Wildman–Crippen LogP) is 3.09. The topological polar surface area (TPSA) is 49.3 Å². The smallest absolute Gasteiger partial charge is 0.259 e. The van der Waals surface area contributed by atoms with E-state index in [1.807, 2.05) is 0 Å². The largest absolute Gasteiger partial charge is 0.507 e. The number of halogens is 1. The third kappa shape index (κ3) is 2.48. The molecule has 0 aliphatic rings. The Labute approximate surface area is 104 Å². The highest BCUT2D eigenvalue weighted by Gasteiger charge is 2.10. The van der Waals surface area contributed by atoms with E-state index in [9.17, 15) is 14.3 Å². The first-order chi connectivity index (χ1) is 8.58. The summed E-state index contributed by atoms with van der Waals surface area (Å²) < 4.78 is 13.3. The normalized spacial score (nSPS) is 10.1. The first-order valence-electron chi connectivity index (χ1n) is 5.43. The van der Waals surface area contributed by atoms with E-state index in [2.05, 4.69) is 5.32 Å². The average Bonchev–Trinajstić information content (AvgIpc) is 2.34. The molecule has 2 aromatic rings. The number of amides is 1. The van der Waals surface area contributed by atoms with Crippen molar-refractivity contribution in [2.45, 2.75) is 6.92 Å². The predicted molar refractivity (Wildman–Crippen MR) is 67.2 cm³/mol. The lowest BCUT2D eigenvalue weighted by Crippen LogP contribution is -2.12. The van der Waals surface area contributed by atoms with Gasteiger partial charge in [-0.25, -0.2) is 4.39 Å². The number of anilines is 1. The molecule has 0 spiro atoms. The second-order valence-corrected chi connectivity index (χ2v) is 3.94. The zero-order chi connectivity index (χ0) is 13.1. The molecule has 0 saturated heterocycles. The fourth-order valence-electron chi connectivity index (χ4n) is 1.53. The van der Waals surface area contributed by atoms with Crippen LogP contribution in [-0.2, 0) is 0 Å². The minimum Gasteiger partial charge on any atom is -0.507 e. The molecular formula is C14H12FNO2. The third-order valence-electron chi connectivity index (χ3n) is 2.58. The highest BCUT2D eigenvalue weighted by Crippen LogP contribution is 2.19. The van der Waals surface area contributed by atoms with Crippen LogP contribution in [0.25, 0.3) is 0 Å². The maximum atomic E-state index is 13.3. The van der Waals surface area contributed by atoms with Crippen molar-refractivity contribution in [3.05, 3.63) is 59.4 Å². The van der Waals surface area contributed by atoms with Gasteiger partial charge in [0.05, 0.1) is 5.56 Å². The molecule has 0 bridgehead atoms. The van der Waals surface area contributed by atoms with Crippen LogP contribution in [0.3, 0.4) is 0 Å². The van der Waals surface area contributed by atoms with Crippen LogP contribution >= 0.6 is 0 Å². The van der Waals surface area contributed by atoms with Gasteiger partial charge in [-0.05, 0) is 36.8 Å². The Balaban J connectivity index is 2.22. The van der Waals surface area contributed by atoms with Gasteiger partial charge in [-0.15, -0.1) is 0 Å². The number of carbonyl (C=O) groups is 1. The minimum absolute atomic E-state index is 0.109. The molecule has 92 valence electrons. The first-order valence-corrected chi connectivity index (χ1v) is 5.43. The molecule has 0 aromatic heterocycles. The van der Waals surface area contributed by atoms with Crippen molar-refractivity contribution in [2.24, 2.45) is 0 Å². The summed E-state index contributed by atoms with van der Waals surface area (Å²) in [6, 6.07) is 10.6. The van der Waals surface area contributed by atoms with Gasteiger partial charge in [-0.1, -0.05) is 18.2 Å². The van der Waals surface area contributed by atoms with Gasteiger partial charge >= 0.3 is 0 Å². The molecule has 0 aliphatic carbocycles. The summed E-state index contributed by atoms with van der Waals surface area (Å²) in [4.78, 5) is 11.8. The number of hydrogen-bond acceptors (Lipinski definition) is 2. The number of aryl methyl sites for hydroxylation is 1. The highest BCUT2D eigenvalue weighted by molar-refractivity contribution is 6.06. The van der Waals surface area contributed by atoms with Crippen LogP contribution in [0.15, 0.2) is 42.5 Å². The van der Waals surface area contributed by atoms with Crippen molar-refractivity contribution < 1.29 is 14.3 Å². The Hall–Kier alpha value is -2.36. The minimum atomic E-state index is -0.476. The van der Waals surface area contributed by atoms with Gasteiger partial charge in [0.1, 0.15) is 11.6 Å². The molecule has 0 fully saturated rings. The lowest BCUT2D eigenvalue weighted by Gasteiger charge is -2.07. The van der Waals surface area contributed by atoms with E-state index < -0.39 is 5.91 Å². The van der Waals surface area contributed by atoms with Crippen LogP contribution in [0, 0.1) is 12.7 Å². The number of hydrogen-bond donors (Lipinski definition) is 2. The van der Waals surface area contributed by atoms with Crippen molar-refractivity contribution in [3.8, 4) is 5.75 Å². The van der Waals surface area contributed by atoms with Crippen molar-refractivity contribution in [1.82, 2.24) is 0 Å². The van der Waals surface area contributed by atoms with Crippen LogP contribution in [0.5, 0.6) is 5.75 Å². The number of phenolic OH excluding ortho intramolecular Hbond substituents is 1. The summed E-state index contributed by atoms with van der Waals surface area (Å²) in [5.74, 6) is -0.968. The summed E-state index contributed by atoms with van der Waals surface area (Å²) >= 11 is 0. The van der Waals surface area contributed by atoms with Crippen molar-refractivity contribution >= 4 is 11.6 Å². The van der Waals surface area contributed by atoms with Crippen LogP contribution in [-0.4, -0.2) is 11.0 Å². The van der Waals surface area contributed by atoms with E-state index in [4.69, 9.17) is 0 Å².